The molecule has 0 atom stereocenters. The zero-order chi connectivity index (χ0) is 18.5. The molecule has 2 aromatic carbocycles. The lowest BCUT2D eigenvalue weighted by atomic mass is 10.2. The van der Waals surface area contributed by atoms with Crippen molar-refractivity contribution in [3.8, 4) is 11.3 Å². The number of furan rings is 1. The molecule has 0 N–H and O–H groups in total. The Morgan fingerprint density at radius 1 is 0.926 bits per heavy atom. The van der Waals surface area contributed by atoms with Crippen molar-refractivity contribution in [1.29, 1.82) is 0 Å². The van der Waals surface area contributed by atoms with Crippen LogP contribution in [0.5, 0.6) is 0 Å². The highest BCUT2D eigenvalue weighted by molar-refractivity contribution is 7.69. The molecule has 0 spiro atoms. The fourth-order valence-electron chi connectivity index (χ4n) is 2.76. The monoisotopic (exact) mass is 393 g/mol. The van der Waals surface area contributed by atoms with Crippen LogP contribution < -0.4 is 9.70 Å². The molecule has 4 aromatic rings. The third-order valence-electron chi connectivity index (χ3n) is 4.09. The molecule has 0 aliphatic heterocycles. The Hall–Kier alpha value is -2.70. The van der Waals surface area contributed by atoms with Crippen molar-refractivity contribution in [3.05, 3.63) is 83.4 Å². The van der Waals surface area contributed by atoms with Crippen LogP contribution in [0.4, 0.5) is 10.8 Å². The lowest BCUT2D eigenvalue weighted by Gasteiger charge is -2.18. The average Bonchev–Trinajstić information content (AvgIpc) is 3.38. The third-order valence-corrected chi connectivity index (χ3v) is 6.15. The molecule has 0 saturated heterocycles. The van der Waals surface area contributed by atoms with Gasteiger partial charge in [-0.3, -0.25) is 0 Å². The molecule has 27 heavy (non-hydrogen) atoms. The number of benzene rings is 2. The highest BCUT2D eigenvalue weighted by atomic mass is 32.9. The number of nitrogens with zero attached hydrogens (tertiary/aromatic N) is 3. The Balaban J connectivity index is 1.50. The second-order valence-corrected chi connectivity index (χ2v) is 7.94. The second-order valence-electron chi connectivity index (χ2n) is 5.87. The normalized spacial score (nSPS) is 11.7. The number of aromatic nitrogens is 1. The van der Waals surface area contributed by atoms with Crippen LogP contribution in [-0.4, -0.2) is 11.5 Å². The van der Waals surface area contributed by atoms with Gasteiger partial charge in [-0.05, 0) is 51.9 Å². The van der Waals surface area contributed by atoms with Crippen LogP contribution in [0.25, 0.3) is 11.3 Å². The first-order valence-electron chi connectivity index (χ1n) is 8.78. The average molecular weight is 394 g/mol. The fourth-order valence-corrected chi connectivity index (χ4v) is 4.76. The summed E-state index contributed by atoms with van der Waals surface area (Å²) in [5, 5.41) is 0.969. The number of rotatable bonds is 6. The van der Waals surface area contributed by atoms with Gasteiger partial charge in [-0.15, -0.1) is 0 Å². The molecule has 0 aliphatic carbocycles. The summed E-state index contributed by atoms with van der Waals surface area (Å²) >= 11 is 0. The van der Waals surface area contributed by atoms with Gasteiger partial charge in [-0.25, -0.2) is 4.99 Å². The van der Waals surface area contributed by atoms with Gasteiger partial charge in [0.2, 0.25) is 9.93 Å². The highest BCUT2D eigenvalue weighted by Crippen LogP contribution is 2.27. The van der Waals surface area contributed by atoms with Crippen LogP contribution >= 0.6 is 20.7 Å². The molecule has 0 bridgehead atoms. The summed E-state index contributed by atoms with van der Waals surface area (Å²) in [7, 11) is 3.24. The third kappa shape index (κ3) is 4.18. The van der Waals surface area contributed by atoms with Gasteiger partial charge in [0.05, 0.1) is 0 Å². The van der Waals surface area contributed by atoms with Crippen molar-refractivity contribution in [2.75, 3.05) is 11.4 Å². The summed E-state index contributed by atoms with van der Waals surface area (Å²) in [5.41, 5.74) is 2.22. The highest BCUT2D eigenvalue weighted by Gasteiger charge is 2.11. The lowest BCUT2D eigenvalue weighted by molar-refractivity contribution is 0.524. The summed E-state index contributed by atoms with van der Waals surface area (Å²) in [6.07, 6.45) is 0. The van der Waals surface area contributed by atoms with Crippen molar-refractivity contribution < 1.29 is 4.42 Å². The Morgan fingerprint density at radius 2 is 1.67 bits per heavy atom. The Bertz CT molecular complexity index is 1050. The molecule has 6 heteroatoms. The summed E-state index contributed by atoms with van der Waals surface area (Å²) < 4.78 is 5.91. The summed E-state index contributed by atoms with van der Waals surface area (Å²) in [6, 6.07) is 24.4. The smallest absolute Gasteiger partial charge is 0.217 e. The van der Waals surface area contributed by atoms with E-state index in [-0.39, 0.29) is 0 Å². The van der Waals surface area contributed by atoms with Gasteiger partial charge in [0.1, 0.15) is 18.1 Å². The van der Waals surface area contributed by atoms with Crippen LogP contribution in [0.15, 0.2) is 82.2 Å². The van der Waals surface area contributed by atoms with E-state index in [4.69, 9.17) is 9.40 Å². The molecule has 4 rings (SSSR count). The second kappa shape index (κ2) is 8.33. The van der Waals surface area contributed by atoms with Gasteiger partial charge >= 0.3 is 0 Å². The topological polar surface area (TPSA) is 41.6 Å². The predicted octanol–water partition coefficient (Wildman–Crippen LogP) is 5.72. The summed E-state index contributed by atoms with van der Waals surface area (Å²) in [6.45, 7) is 3.48. The number of anilines is 2. The van der Waals surface area contributed by atoms with Crippen LogP contribution in [0.2, 0.25) is 0 Å². The van der Waals surface area contributed by atoms with Gasteiger partial charge in [-0.2, -0.15) is 4.98 Å². The first-order chi connectivity index (χ1) is 13.3. The van der Waals surface area contributed by atoms with Crippen LogP contribution in [0, 0.1) is 0 Å². The molecule has 2 aromatic heterocycles. The van der Waals surface area contributed by atoms with E-state index < -0.39 is 0 Å². The molecule has 4 nitrogen and oxygen atoms in total. The van der Waals surface area contributed by atoms with Crippen LogP contribution in [0.1, 0.15) is 12.7 Å². The van der Waals surface area contributed by atoms with E-state index in [0.29, 0.717) is 6.54 Å². The van der Waals surface area contributed by atoms with Crippen molar-refractivity contribution in [1.82, 2.24) is 4.98 Å². The van der Waals surface area contributed by atoms with Gasteiger partial charge in [0, 0.05) is 17.8 Å². The molecule has 2 heterocycles. The molecule has 0 aliphatic rings. The van der Waals surface area contributed by atoms with Crippen LogP contribution in [0.3, 0.4) is 0 Å². The zero-order valence-corrected chi connectivity index (χ0v) is 16.5. The number of hydrogen-bond acceptors (Lipinski definition) is 6. The van der Waals surface area contributed by atoms with E-state index in [1.54, 1.807) is 20.7 Å². The Labute approximate surface area is 165 Å². The van der Waals surface area contributed by atoms with Crippen LogP contribution in [-0.2, 0) is 6.54 Å². The van der Waals surface area contributed by atoms with Crippen molar-refractivity contribution >= 4 is 31.5 Å². The molecule has 0 unspecified atom stereocenters. The van der Waals surface area contributed by atoms with E-state index >= 15 is 0 Å². The van der Waals surface area contributed by atoms with Gasteiger partial charge in [-0.1, -0.05) is 48.5 Å². The Morgan fingerprint density at radius 3 is 2.41 bits per heavy atom. The van der Waals surface area contributed by atoms with E-state index in [2.05, 4.69) is 28.9 Å². The SMILES string of the molecule is CCN(c1ccccc1)c1nc(=NCc2ccc(-c3ccccc3)o2)ss1. The first-order valence-corrected chi connectivity index (χ1v) is 10.9. The first kappa shape index (κ1) is 17.7. The summed E-state index contributed by atoms with van der Waals surface area (Å²) in [5.74, 6) is 1.70. The minimum atomic E-state index is 0.490. The summed E-state index contributed by atoms with van der Waals surface area (Å²) in [4.78, 5) is 12.3. The Kier molecular flexibility index (Phi) is 5.46. The molecule has 0 fully saturated rings. The molecule has 0 radical (unpaired) electrons. The predicted molar refractivity (Wildman–Crippen MR) is 113 cm³/mol. The van der Waals surface area contributed by atoms with Gasteiger partial charge in [0.15, 0.2) is 0 Å². The standard InChI is InChI=1S/C21H19N3OS2/c1-2-24(17-11-7-4-8-12-17)21-23-20(26-27-21)22-15-18-13-14-19(25-18)16-9-5-3-6-10-16/h3-14H,2,15H2,1H3. The minimum Gasteiger partial charge on any atom is -0.459 e. The van der Waals surface area contributed by atoms with E-state index in [1.165, 1.54) is 0 Å². The maximum atomic E-state index is 5.91. The van der Waals surface area contributed by atoms with Crippen molar-refractivity contribution in [2.45, 2.75) is 13.5 Å². The molecular formula is C21H19N3OS2. The molecule has 136 valence electrons. The minimum absolute atomic E-state index is 0.490. The van der Waals surface area contributed by atoms with E-state index in [9.17, 15) is 0 Å². The zero-order valence-electron chi connectivity index (χ0n) is 14.9. The molecular weight excluding hydrogens is 374 g/mol. The fraction of sp³-hybridized carbons (Fsp3) is 0.143. The number of hydrogen-bond donors (Lipinski definition) is 0. The molecule has 0 amide bonds. The number of para-hydroxylation sites is 1. The quantitative estimate of drug-likeness (QED) is 0.393. The molecule has 0 saturated carbocycles. The van der Waals surface area contributed by atoms with Crippen molar-refractivity contribution in [3.63, 3.8) is 0 Å². The maximum Gasteiger partial charge on any atom is 0.217 e. The largest absolute Gasteiger partial charge is 0.459 e. The lowest BCUT2D eigenvalue weighted by Crippen LogP contribution is -2.16. The maximum absolute atomic E-state index is 5.91. The van der Waals surface area contributed by atoms with Gasteiger partial charge in [0.25, 0.3) is 0 Å². The van der Waals surface area contributed by atoms with Crippen molar-refractivity contribution in [2.24, 2.45) is 4.99 Å². The van der Waals surface area contributed by atoms with E-state index in [0.717, 1.165) is 39.2 Å². The van der Waals surface area contributed by atoms with E-state index in [1.807, 2.05) is 60.7 Å². The van der Waals surface area contributed by atoms with Gasteiger partial charge < -0.3 is 9.32 Å².